The molecule has 0 saturated carbocycles. The molecule has 0 heterocycles. The molecule has 0 amide bonds. The molecule has 0 aliphatic rings. The maximum atomic E-state index is 11.2. The minimum absolute atomic E-state index is 0.0539. The number of hydrogen-bond donors (Lipinski definition) is 1. The average Bonchev–Trinajstić information content (AvgIpc) is 2.48. The Bertz CT molecular complexity index is 541. The number of hydrogen-bond acceptors (Lipinski definition) is 3. The zero-order chi connectivity index (χ0) is 13.7. The van der Waals surface area contributed by atoms with Gasteiger partial charge in [0.15, 0.2) is 0 Å². The standard InChI is InChI=1S/C16H16O3/c1-19-16(18)10-12-2-6-14(7-3-12)15-8-4-13(11-17)5-9-15/h2-9,17H,10-11H2,1H3. The summed E-state index contributed by atoms with van der Waals surface area (Å²) in [6.45, 7) is 0.0539. The second kappa shape index (κ2) is 6.16. The summed E-state index contributed by atoms with van der Waals surface area (Å²) in [5.41, 5.74) is 3.99. The lowest BCUT2D eigenvalue weighted by atomic mass is 10.0. The van der Waals surface area contributed by atoms with Crippen LogP contribution in [0.3, 0.4) is 0 Å². The van der Waals surface area contributed by atoms with Crippen molar-refractivity contribution >= 4 is 5.97 Å². The van der Waals surface area contributed by atoms with Crippen molar-refractivity contribution in [1.82, 2.24) is 0 Å². The quantitative estimate of drug-likeness (QED) is 0.855. The van der Waals surface area contributed by atoms with Crippen LogP contribution in [0.4, 0.5) is 0 Å². The number of methoxy groups -OCH3 is 1. The van der Waals surface area contributed by atoms with E-state index < -0.39 is 0 Å². The van der Waals surface area contributed by atoms with Gasteiger partial charge in [0.2, 0.25) is 0 Å². The number of carbonyl (C=O) groups is 1. The molecule has 0 bridgehead atoms. The Kier molecular flexibility index (Phi) is 4.31. The molecule has 98 valence electrons. The van der Waals surface area contributed by atoms with Gasteiger partial charge in [-0.15, -0.1) is 0 Å². The van der Waals surface area contributed by atoms with Crippen LogP contribution in [0.5, 0.6) is 0 Å². The normalized spacial score (nSPS) is 10.2. The topological polar surface area (TPSA) is 46.5 Å². The third kappa shape index (κ3) is 3.42. The molecular formula is C16H16O3. The van der Waals surface area contributed by atoms with Gasteiger partial charge in [0.25, 0.3) is 0 Å². The molecule has 3 nitrogen and oxygen atoms in total. The van der Waals surface area contributed by atoms with Crippen LogP contribution in [-0.2, 0) is 22.6 Å². The monoisotopic (exact) mass is 256 g/mol. The lowest BCUT2D eigenvalue weighted by molar-refractivity contribution is -0.139. The summed E-state index contributed by atoms with van der Waals surface area (Å²) >= 11 is 0. The lowest BCUT2D eigenvalue weighted by Crippen LogP contribution is -2.04. The molecule has 0 fully saturated rings. The molecule has 2 rings (SSSR count). The molecule has 0 unspecified atom stereocenters. The highest BCUT2D eigenvalue weighted by Crippen LogP contribution is 2.20. The van der Waals surface area contributed by atoms with Crippen molar-refractivity contribution in [2.24, 2.45) is 0 Å². The van der Waals surface area contributed by atoms with Crippen LogP contribution < -0.4 is 0 Å². The molecule has 0 aromatic heterocycles. The van der Waals surface area contributed by atoms with Crippen molar-refractivity contribution in [3.8, 4) is 11.1 Å². The summed E-state index contributed by atoms with van der Waals surface area (Å²) in [5, 5.41) is 9.00. The van der Waals surface area contributed by atoms with E-state index in [0.29, 0.717) is 6.42 Å². The van der Waals surface area contributed by atoms with Crippen molar-refractivity contribution in [2.75, 3.05) is 7.11 Å². The van der Waals surface area contributed by atoms with E-state index in [9.17, 15) is 4.79 Å². The van der Waals surface area contributed by atoms with Crippen molar-refractivity contribution in [1.29, 1.82) is 0 Å². The summed E-state index contributed by atoms with van der Waals surface area (Å²) in [7, 11) is 1.39. The van der Waals surface area contributed by atoms with E-state index in [1.165, 1.54) is 7.11 Å². The summed E-state index contributed by atoms with van der Waals surface area (Å²) in [5.74, 6) is -0.236. The predicted octanol–water partition coefficient (Wildman–Crippen LogP) is 2.56. The molecule has 0 atom stereocenters. The van der Waals surface area contributed by atoms with Crippen molar-refractivity contribution in [2.45, 2.75) is 13.0 Å². The Hall–Kier alpha value is -2.13. The highest BCUT2D eigenvalue weighted by Gasteiger charge is 2.03. The first-order valence-corrected chi connectivity index (χ1v) is 6.09. The Balaban J connectivity index is 2.14. The molecule has 19 heavy (non-hydrogen) atoms. The smallest absolute Gasteiger partial charge is 0.309 e. The van der Waals surface area contributed by atoms with Gasteiger partial charge >= 0.3 is 5.97 Å². The first-order valence-electron chi connectivity index (χ1n) is 6.09. The van der Waals surface area contributed by atoms with Gasteiger partial charge in [-0.3, -0.25) is 4.79 Å². The number of rotatable bonds is 4. The number of esters is 1. The second-order valence-electron chi connectivity index (χ2n) is 4.30. The van der Waals surface area contributed by atoms with E-state index in [0.717, 1.165) is 22.3 Å². The van der Waals surface area contributed by atoms with Crippen LogP contribution in [0, 0.1) is 0 Å². The maximum absolute atomic E-state index is 11.2. The molecule has 0 spiro atoms. The fraction of sp³-hybridized carbons (Fsp3) is 0.188. The van der Waals surface area contributed by atoms with Crippen LogP contribution in [0.25, 0.3) is 11.1 Å². The Morgan fingerprint density at radius 1 is 0.947 bits per heavy atom. The fourth-order valence-electron chi connectivity index (χ4n) is 1.86. The molecule has 0 saturated heterocycles. The zero-order valence-electron chi connectivity index (χ0n) is 10.8. The number of benzene rings is 2. The Morgan fingerprint density at radius 2 is 1.42 bits per heavy atom. The molecular weight excluding hydrogens is 240 g/mol. The van der Waals surface area contributed by atoms with E-state index >= 15 is 0 Å². The van der Waals surface area contributed by atoms with Gasteiger partial charge in [-0.2, -0.15) is 0 Å². The predicted molar refractivity (Wildman–Crippen MR) is 73.5 cm³/mol. The molecule has 0 aliphatic heterocycles. The van der Waals surface area contributed by atoms with Crippen molar-refractivity contribution < 1.29 is 14.6 Å². The molecule has 0 aliphatic carbocycles. The molecule has 2 aromatic rings. The first kappa shape index (κ1) is 13.3. The van der Waals surface area contributed by atoms with Crippen molar-refractivity contribution in [3.63, 3.8) is 0 Å². The summed E-state index contributed by atoms with van der Waals surface area (Å²) in [4.78, 5) is 11.2. The van der Waals surface area contributed by atoms with Crippen LogP contribution in [0.2, 0.25) is 0 Å². The maximum Gasteiger partial charge on any atom is 0.309 e. The lowest BCUT2D eigenvalue weighted by Gasteiger charge is -2.05. The third-order valence-corrected chi connectivity index (χ3v) is 3.00. The van der Waals surface area contributed by atoms with Gasteiger partial charge in [-0.1, -0.05) is 48.5 Å². The van der Waals surface area contributed by atoms with Gasteiger partial charge in [0.05, 0.1) is 20.1 Å². The van der Waals surface area contributed by atoms with Crippen LogP contribution >= 0.6 is 0 Å². The first-order chi connectivity index (χ1) is 9.22. The third-order valence-electron chi connectivity index (χ3n) is 3.00. The van der Waals surface area contributed by atoms with Crippen molar-refractivity contribution in [3.05, 3.63) is 59.7 Å². The minimum atomic E-state index is -0.236. The largest absolute Gasteiger partial charge is 0.469 e. The number of aliphatic hydroxyl groups excluding tert-OH is 1. The minimum Gasteiger partial charge on any atom is -0.469 e. The van der Waals surface area contributed by atoms with E-state index in [-0.39, 0.29) is 12.6 Å². The van der Waals surface area contributed by atoms with Crippen LogP contribution in [0.1, 0.15) is 11.1 Å². The summed E-state index contributed by atoms with van der Waals surface area (Å²) < 4.78 is 4.63. The number of carbonyl (C=O) groups excluding carboxylic acids is 1. The summed E-state index contributed by atoms with van der Waals surface area (Å²) in [6, 6.07) is 15.5. The van der Waals surface area contributed by atoms with Gasteiger partial charge in [-0.25, -0.2) is 0 Å². The van der Waals surface area contributed by atoms with E-state index in [1.54, 1.807) is 0 Å². The SMILES string of the molecule is COC(=O)Cc1ccc(-c2ccc(CO)cc2)cc1. The van der Waals surface area contributed by atoms with E-state index in [2.05, 4.69) is 4.74 Å². The Morgan fingerprint density at radius 3 is 1.84 bits per heavy atom. The number of ether oxygens (including phenoxy) is 1. The highest BCUT2D eigenvalue weighted by molar-refractivity contribution is 5.73. The van der Waals surface area contributed by atoms with Crippen LogP contribution in [-0.4, -0.2) is 18.2 Å². The van der Waals surface area contributed by atoms with Gasteiger partial charge in [0.1, 0.15) is 0 Å². The highest BCUT2D eigenvalue weighted by atomic mass is 16.5. The average molecular weight is 256 g/mol. The van der Waals surface area contributed by atoms with E-state index in [1.807, 2.05) is 48.5 Å². The number of aliphatic hydroxyl groups is 1. The van der Waals surface area contributed by atoms with Gasteiger partial charge < -0.3 is 9.84 Å². The van der Waals surface area contributed by atoms with Gasteiger partial charge in [0, 0.05) is 0 Å². The molecule has 0 radical (unpaired) electrons. The Labute approximate surface area is 112 Å². The fourth-order valence-corrected chi connectivity index (χ4v) is 1.86. The second-order valence-corrected chi connectivity index (χ2v) is 4.30. The molecule has 2 aromatic carbocycles. The van der Waals surface area contributed by atoms with E-state index in [4.69, 9.17) is 5.11 Å². The van der Waals surface area contributed by atoms with Gasteiger partial charge in [-0.05, 0) is 22.3 Å². The zero-order valence-corrected chi connectivity index (χ0v) is 10.8. The molecule has 3 heteroatoms. The molecule has 1 N–H and O–H groups in total. The van der Waals surface area contributed by atoms with Crippen LogP contribution in [0.15, 0.2) is 48.5 Å². The summed E-state index contributed by atoms with van der Waals surface area (Å²) in [6.07, 6.45) is 0.292.